The van der Waals surface area contributed by atoms with E-state index in [0.29, 0.717) is 0 Å². The molecule has 0 spiro atoms. The fraction of sp³-hybridized carbons (Fsp3) is 0.143. The maximum absolute atomic E-state index is 13.5. The van der Waals surface area contributed by atoms with E-state index in [-0.39, 0.29) is 17.1 Å². The average Bonchev–Trinajstić information content (AvgIpc) is 2.48. The molecular formula is C14H13FN2O2. The van der Waals surface area contributed by atoms with Crippen molar-refractivity contribution in [3.63, 3.8) is 0 Å². The molecular weight excluding hydrogens is 247 g/mol. The van der Waals surface area contributed by atoms with E-state index in [4.69, 9.17) is 11.6 Å². The standard InChI is InChI=1S/C14H13FN2O2/c1-2-19-10-7-8-13(16-9-10)14(18)17-12-6-4-3-5-11(12)15/h3-9H,2H2,1H3,(H,17,18)/i1D3,2D2. The van der Waals surface area contributed by atoms with Gasteiger partial charge in [0.2, 0.25) is 0 Å². The molecule has 0 aliphatic heterocycles. The number of ether oxygens (including phenoxy) is 1. The molecule has 1 aromatic heterocycles. The number of nitrogens with zero attached hydrogens (tertiary/aromatic N) is 1. The molecule has 0 saturated carbocycles. The lowest BCUT2D eigenvalue weighted by atomic mass is 10.3. The third-order valence-electron chi connectivity index (χ3n) is 2.26. The van der Waals surface area contributed by atoms with Gasteiger partial charge in [0.1, 0.15) is 17.3 Å². The van der Waals surface area contributed by atoms with Crippen molar-refractivity contribution in [1.29, 1.82) is 0 Å². The molecule has 0 aliphatic rings. The first-order valence-corrected chi connectivity index (χ1v) is 5.31. The molecule has 19 heavy (non-hydrogen) atoms. The average molecular weight is 265 g/mol. The Morgan fingerprint density at radius 2 is 2.32 bits per heavy atom. The first-order chi connectivity index (χ1) is 11.1. The van der Waals surface area contributed by atoms with Gasteiger partial charge < -0.3 is 10.1 Å². The third-order valence-corrected chi connectivity index (χ3v) is 2.26. The normalized spacial score (nSPS) is 15.3. The summed E-state index contributed by atoms with van der Waals surface area (Å²) in [5, 5.41) is 2.34. The van der Waals surface area contributed by atoms with Crippen molar-refractivity contribution in [2.45, 2.75) is 6.85 Å². The number of aromatic nitrogens is 1. The van der Waals surface area contributed by atoms with E-state index in [1.807, 2.05) is 0 Å². The number of benzene rings is 1. The highest BCUT2D eigenvalue weighted by Gasteiger charge is 2.10. The Morgan fingerprint density at radius 3 is 3.00 bits per heavy atom. The van der Waals surface area contributed by atoms with Gasteiger partial charge >= 0.3 is 0 Å². The van der Waals surface area contributed by atoms with E-state index in [2.05, 4.69) is 10.3 Å². The number of hydrogen-bond acceptors (Lipinski definition) is 3. The number of hydrogen-bond donors (Lipinski definition) is 1. The third kappa shape index (κ3) is 3.28. The van der Waals surface area contributed by atoms with Crippen LogP contribution < -0.4 is 10.1 Å². The van der Waals surface area contributed by atoms with Crippen LogP contribution in [0.4, 0.5) is 10.1 Å². The number of halogens is 1. The van der Waals surface area contributed by atoms with E-state index >= 15 is 0 Å². The van der Waals surface area contributed by atoms with Crippen molar-refractivity contribution in [2.24, 2.45) is 0 Å². The monoisotopic (exact) mass is 265 g/mol. The molecule has 0 fully saturated rings. The predicted octanol–water partition coefficient (Wildman–Crippen LogP) is 2.87. The summed E-state index contributed by atoms with van der Waals surface area (Å²) < 4.78 is 54.1. The van der Waals surface area contributed by atoms with Gasteiger partial charge in [0.05, 0.1) is 21.2 Å². The molecule has 2 aromatic rings. The van der Waals surface area contributed by atoms with Gasteiger partial charge in [-0.05, 0) is 31.1 Å². The van der Waals surface area contributed by atoms with Gasteiger partial charge in [0.25, 0.3) is 5.91 Å². The molecule has 0 radical (unpaired) electrons. The van der Waals surface area contributed by atoms with Gasteiger partial charge in [-0.1, -0.05) is 12.1 Å². The number of rotatable bonds is 4. The number of anilines is 1. The summed E-state index contributed by atoms with van der Waals surface area (Å²) in [7, 11) is 0. The van der Waals surface area contributed by atoms with Crippen molar-refractivity contribution in [3.8, 4) is 5.75 Å². The summed E-state index contributed by atoms with van der Waals surface area (Å²) >= 11 is 0. The molecule has 0 saturated heterocycles. The van der Waals surface area contributed by atoms with Crippen molar-refractivity contribution < 1.29 is 20.8 Å². The van der Waals surface area contributed by atoms with Gasteiger partial charge in [0, 0.05) is 4.11 Å². The zero-order valence-corrected chi connectivity index (χ0v) is 9.68. The molecule has 1 heterocycles. The minimum Gasteiger partial charge on any atom is -0.492 e. The fourth-order valence-electron chi connectivity index (χ4n) is 1.38. The maximum Gasteiger partial charge on any atom is 0.274 e. The van der Waals surface area contributed by atoms with Crippen LogP contribution in [0.2, 0.25) is 0 Å². The van der Waals surface area contributed by atoms with Crippen LogP contribution in [0.15, 0.2) is 42.6 Å². The zero-order chi connectivity index (χ0) is 18.0. The Balaban J connectivity index is 2.09. The molecule has 1 aromatic carbocycles. The number of para-hydroxylation sites is 1. The number of carbonyl (C=O) groups is 1. The molecule has 5 heteroatoms. The Hall–Kier alpha value is -2.43. The van der Waals surface area contributed by atoms with Gasteiger partial charge in [0.15, 0.2) is 0 Å². The van der Waals surface area contributed by atoms with Gasteiger partial charge in [-0.3, -0.25) is 4.79 Å². The van der Waals surface area contributed by atoms with Crippen molar-refractivity contribution in [1.82, 2.24) is 4.98 Å². The Labute approximate surface area is 117 Å². The summed E-state index contributed by atoms with van der Waals surface area (Å²) in [5.41, 5.74) is -0.0802. The summed E-state index contributed by atoms with van der Waals surface area (Å²) in [6.07, 6.45) is 1.01. The molecule has 0 aliphatic carbocycles. The predicted molar refractivity (Wildman–Crippen MR) is 69.8 cm³/mol. The van der Waals surface area contributed by atoms with Crippen molar-refractivity contribution >= 4 is 11.6 Å². The van der Waals surface area contributed by atoms with Crippen LogP contribution in [0.3, 0.4) is 0 Å². The second kappa shape index (κ2) is 5.95. The number of nitrogens with one attached hydrogen (secondary N) is 1. The molecule has 1 N–H and O–H groups in total. The first kappa shape index (κ1) is 7.89. The van der Waals surface area contributed by atoms with Crippen LogP contribution in [-0.2, 0) is 0 Å². The number of pyridine rings is 1. The summed E-state index contributed by atoms with van der Waals surface area (Å²) in [4.78, 5) is 15.7. The molecule has 2 rings (SSSR count). The topological polar surface area (TPSA) is 51.2 Å². The molecule has 1 amide bonds. The van der Waals surface area contributed by atoms with E-state index < -0.39 is 25.1 Å². The first-order valence-electron chi connectivity index (χ1n) is 7.81. The van der Waals surface area contributed by atoms with E-state index in [1.165, 1.54) is 30.3 Å². The van der Waals surface area contributed by atoms with Crippen LogP contribution in [-0.4, -0.2) is 17.5 Å². The molecule has 0 unspecified atom stereocenters. The summed E-state index contributed by atoms with van der Waals surface area (Å²) in [6, 6.07) is 8.02. The lowest BCUT2D eigenvalue weighted by molar-refractivity contribution is 0.102. The van der Waals surface area contributed by atoms with Crippen LogP contribution in [0.25, 0.3) is 0 Å². The Bertz CT molecular complexity index is 735. The van der Waals surface area contributed by atoms with Crippen LogP contribution in [0, 0.1) is 5.82 Å². The molecule has 98 valence electrons. The Morgan fingerprint density at radius 1 is 1.47 bits per heavy atom. The smallest absolute Gasteiger partial charge is 0.274 e. The lowest BCUT2D eigenvalue weighted by Gasteiger charge is -2.06. The number of amides is 1. The van der Waals surface area contributed by atoms with Crippen LogP contribution >= 0.6 is 0 Å². The largest absolute Gasteiger partial charge is 0.492 e. The van der Waals surface area contributed by atoms with Crippen molar-refractivity contribution in [2.75, 3.05) is 11.9 Å². The quantitative estimate of drug-likeness (QED) is 0.924. The van der Waals surface area contributed by atoms with Crippen LogP contribution in [0.5, 0.6) is 5.75 Å². The second-order valence-corrected chi connectivity index (χ2v) is 3.52. The minimum atomic E-state index is -2.98. The Kier molecular flexibility index (Phi) is 2.47. The highest BCUT2D eigenvalue weighted by atomic mass is 19.1. The highest BCUT2D eigenvalue weighted by Crippen LogP contribution is 2.14. The highest BCUT2D eigenvalue weighted by molar-refractivity contribution is 6.02. The van der Waals surface area contributed by atoms with Gasteiger partial charge in [-0.15, -0.1) is 0 Å². The molecule has 0 atom stereocenters. The number of carbonyl (C=O) groups excluding carboxylic acids is 1. The fourth-order valence-corrected chi connectivity index (χ4v) is 1.38. The summed E-state index contributed by atoms with van der Waals surface area (Å²) in [6.45, 7) is -5.88. The van der Waals surface area contributed by atoms with E-state index in [9.17, 15) is 9.18 Å². The van der Waals surface area contributed by atoms with Gasteiger partial charge in [-0.2, -0.15) is 0 Å². The molecule has 4 nitrogen and oxygen atoms in total. The minimum absolute atomic E-state index is 0.0108. The SMILES string of the molecule is [2H]C([2H])([2H])C([2H])([2H])Oc1ccc(C(=O)Nc2ccccc2F)nc1. The van der Waals surface area contributed by atoms with Crippen molar-refractivity contribution in [3.05, 3.63) is 54.1 Å². The maximum atomic E-state index is 13.5. The second-order valence-electron chi connectivity index (χ2n) is 3.52. The lowest BCUT2D eigenvalue weighted by Crippen LogP contribution is -2.14. The summed E-state index contributed by atoms with van der Waals surface area (Å²) in [5.74, 6) is -1.43. The van der Waals surface area contributed by atoms with E-state index in [0.717, 1.165) is 6.20 Å². The van der Waals surface area contributed by atoms with E-state index in [1.54, 1.807) is 6.07 Å². The van der Waals surface area contributed by atoms with Crippen LogP contribution in [0.1, 0.15) is 24.2 Å². The zero-order valence-electron chi connectivity index (χ0n) is 14.7. The molecule has 0 bridgehead atoms. The van der Waals surface area contributed by atoms with Gasteiger partial charge in [-0.25, -0.2) is 9.37 Å².